The van der Waals surface area contributed by atoms with Crippen molar-refractivity contribution in [1.29, 1.82) is 0 Å². The molecule has 2 aromatic heterocycles. The smallest absolute Gasteiger partial charge is 0.316 e. The van der Waals surface area contributed by atoms with E-state index in [4.69, 9.17) is 16.3 Å². The van der Waals surface area contributed by atoms with Crippen molar-refractivity contribution >= 4 is 29.3 Å². The summed E-state index contributed by atoms with van der Waals surface area (Å²) in [6, 6.07) is 12.6. The van der Waals surface area contributed by atoms with Crippen LogP contribution in [-0.2, 0) is 26.3 Å². The van der Waals surface area contributed by atoms with Crippen LogP contribution < -0.4 is 5.32 Å². The molecule has 0 aliphatic carbocycles. The predicted molar refractivity (Wildman–Crippen MR) is 110 cm³/mol. The van der Waals surface area contributed by atoms with Crippen LogP contribution in [0.2, 0.25) is 5.02 Å². The molecule has 0 spiro atoms. The number of amides is 1. The van der Waals surface area contributed by atoms with Gasteiger partial charge in [-0.05, 0) is 37.1 Å². The van der Waals surface area contributed by atoms with Crippen molar-refractivity contribution in [2.24, 2.45) is 0 Å². The molecule has 3 aromatic rings. The number of nitrogens with zero attached hydrogens (tertiary/aromatic N) is 3. The van der Waals surface area contributed by atoms with Crippen LogP contribution in [0.5, 0.6) is 0 Å². The second-order valence-corrected chi connectivity index (χ2v) is 7.36. The van der Waals surface area contributed by atoms with E-state index >= 15 is 0 Å². The van der Waals surface area contributed by atoms with E-state index in [-0.39, 0.29) is 0 Å². The normalized spacial score (nSPS) is 11.1. The summed E-state index contributed by atoms with van der Waals surface area (Å²) in [5.74, 6) is -0.482. The van der Waals surface area contributed by atoms with Gasteiger partial charge in [-0.25, -0.2) is 4.68 Å². The minimum absolute atomic E-state index is 0.399. The van der Waals surface area contributed by atoms with E-state index in [2.05, 4.69) is 15.4 Å². The minimum atomic E-state index is -0.916. The van der Waals surface area contributed by atoms with Crippen LogP contribution in [0.25, 0.3) is 0 Å². The quantitative estimate of drug-likeness (QED) is 0.601. The Hall–Kier alpha value is -3.19. The Morgan fingerprint density at radius 3 is 2.66 bits per heavy atom. The number of nitrogens with one attached hydrogen (secondary N) is 1. The Labute approximate surface area is 173 Å². The van der Waals surface area contributed by atoms with Crippen molar-refractivity contribution in [3.63, 3.8) is 0 Å². The van der Waals surface area contributed by atoms with E-state index in [1.165, 1.54) is 0 Å². The number of ether oxygens (including phenoxy) is 1. The third-order valence-electron chi connectivity index (χ3n) is 4.49. The maximum atomic E-state index is 12.5. The molecule has 2 heterocycles. The number of carbonyl (C=O) groups excluding carboxylic acids is 2. The molecule has 0 saturated heterocycles. The fourth-order valence-corrected chi connectivity index (χ4v) is 2.89. The Morgan fingerprint density at radius 1 is 1.14 bits per heavy atom. The monoisotopic (exact) mass is 412 g/mol. The van der Waals surface area contributed by atoms with Crippen LogP contribution in [0.1, 0.15) is 25.0 Å². The van der Waals surface area contributed by atoms with E-state index in [1.54, 1.807) is 61.4 Å². The summed E-state index contributed by atoms with van der Waals surface area (Å²) in [5, 5.41) is 7.53. The fraction of sp³-hybridized carbons (Fsp3) is 0.238. The summed E-state index contributed by atoms with van der Waals surface area (Å²) < 4.78 is 6.83. The molecule has 0 unspecified atom stereocenters. The maximum Gasteiger partial charge on any atom is 0.316 e. The SMILES string of the molecule is CC(C)(C(=O)OCC(=O)Nc1ccnn1Cc1ccccc1Cl)c1cccnc1. The summed E-state index contributed by atoms with van der Waals surface area (Å²) in [5.41, 5.74) is 0.668. The lowest BCUT2D eigenvalue weighted by atomic mass is 9.86. The molecule has 150 valence electrons. The summed E-state index contributed by atoms with van der Waals surface area (Å²) >= 11 is 6.19. The highest BCUT2D eigenvalue weighted by Crippen LogP contribution is 2.24. The first-order valence-electron chi connectivity index (χ1n) is 9.00. The van der Waals surface area contributed by atoms with Crippen LogP contribution in [0.3, 0.4) is 0 Å². The number of anilines is 1. The van der Waals surface area contributed by atoms with Crippen molar-refractivity contribution in [3.05, 3.63) is 77.2 Å². The number of hydrogen-bond acceptors (Lipinski definition) is 5. The lowest BCUT2D eigenvalue weighted by Gasteiger charge is -2.22. The van der Waals surface area contributed by atoms with Crippen molar-refractivity contribution in [3.8, 4) is 0 Å². The molecular weight excluding hydrogens is 392 g/mol. The Balaban J connectivity index is 1.59. The van der Waals surface area contributed by atoms with Gasteiger partial charge in [-0.3, -0.25) is 14.6 Å². The van der Waals surface area contributed by atoms with Gasteiger partial charge in [0.05, 0.1) is 18.2 Å². The van der Waals surface area contributed by atoms with Crippen LogP contribution in [0.15, 0.2) is 61.1 Å². The van der Waals surface area contributed by atoms with Gasteiger partial charge in [0.2, 0.25) is 0 Å². The number of aromatic nitrogens is 3. The Kier molecular flexibility index (Phi) is 6.29. The molecule has 0 aliphatic rings. The highest BCUT2D eigenvalue weighted by atomic mass is 35.5. The maximum absolute atomic E-state index is 12.5. The highest BCUT2D eigenvalue weighted by Gasteiger charge is 2.32. The van der Waals surface area contributed by atoms with Gasteiger partial charge in [-0.2, -0.15) is 5.10 Å². The second kappa shape index (κ2) is 8.87. The summed E-state index contributed by atoms with van der Waals surface area (Å²) in [7, 11) is 0. The van der Waals surface area contributed by atoms with Crippen LogP contribution in [0, 0.1) is 0 Å². The van der Waals surface area contributed by atoms with E-state index in [0.717, 1.165) is 5.56 Å². The summed E-state index contributed by atoms with van der Waals surface area (Å²) in [6.07, 6.45) is 4.81. The van der Waals surface area contributed by atoms with Crippen LogP contribution >= 0.6 is 11.6 Å². The van der Waals surface area contributed by atoms with Gasteiger partial charge in [0.15, 0.2) is 6.61 Å². The number of rotatable bonds is 7. The van der Waals surface area contributed by atoms with E-state index in [0.29, 0.717) is 22.9 Å². The molecular formula is C21H21ClN4O3. The Bertz CT molecular complexity index is 1000. The molecule has 1 amide bonds. The first kappa shape index (κ1) is 20.5. The molecule has 0 saturated carbocycles. The van der Waals surface area contributed by atoms with Gasteiger partial charge >= 0.3 is 5.97 Å². The van der Waals surface area contributed by atoms with Crippen LogP contribution in [0.4, 0.5) is 5.82 Å². The number of pyridine rings is 1. The van der Waals surface area contributed by atoms with Gasteiger partial charge in [0, 0.05) is 23.5 Å². The minimum Gasteiger partial charge on any atom is -0.455 e. The third kappa shape index (κ3) is 5.00. The number of benzene rings is 1. The van der Waals surface area contributed by atoms with Crippen molar-refractivity contribution in [2.45, 2.75) is 25.8 Å². The lowest BCUT2D eigenvalue weighted by molar-refractivity contribution is -0.152. The average Bonchev–Trinajstić information content (AvgIpc) is 3.15. The molecule has 0 radical (unpaired) electrons. The molecule has 7 nitrogen and oxygen atoms in total. The zero-order valence-electron chi connectivity index (χ0n) is 16.1. The average molecular weight is 413 g/mol. The molecule has 8 heteroatoms. The zero-order chi connectivity index (χ0) is 20.9. The molecule has 3 rings (SSSR count). The summed E-state index contributed by atoms with van der Waals surface area (Å²) in [6.45, 7) is 3.45. The van der Waals surface area contributed by atoms with Crippen molar-refractivity contribution in [1.82, 2.24) is 14.8 Å². The molecule has 0 aliphatic heterocycles. The van der Waals surface area contributed by atoms with E-state index in [1.807, 2.05) is 18.2 Å². The fourth-order valence-electron chi connectivity index (χ4n) is 2.69. The molecule has 0 fully saturated rings. The van der Waals surface area contributed by atoms with Gasteiger partial charge in [-0.1, -0.05) is 35.9 Å². The largest absolute Gasteiger partial charge is 0.455 e. The molecule has 29 heavy (non-hydrogen) atoms. The molecule has 1 aromatic carbocycles. The molecule has 0 bridgehead atoms. The van der Waals surface area contributed by atoms with E-state index < -0.39 is 23.9 Å². The van der Waals surface area contributed by atoms with Crippen LogP contribution in [-0.4, -0.2) is 33.2 Å². The number of hydrogen-bond donors (Lipinski definition) is 1. The van der Waals surface area contributed by atoms with Gasteiger partial charge in [0.25, 0.3) is 5.91 Å². The molecule has 0 atom stereocenters. The first-order valence-corrected chi connectivity index (χ1v) is 9.38. The lowest BCUT2D eigenvalue weighted by Crippen LogP contribution is -2.33. The summed E-state index contributed by atoms with van der Waals surface area (Å²) in [4.78, 5) is 28.8. The second-order valence-electron chi connectivity index (χ2n) is 6.96. The Morgan fingerprint density at radius 2 is 1.93 bits per heavy atom. The zero-order valence-corrected chi connectivity index (χ0v) is 16.9. The van der Waals surface area contributed by atoms with Crippen molar-refractivity contribution in [2.75, 3.05) is 11.9 Å². The standard InChI is InChI=1S/C21H21ClN4O3/c1-21(2,16-7-5-10-23-12-16)20(28)29-14-19(27)25-18-9-11-24-26(18)13-15-6-3-4-8-17(15)22/h3-12H,13-14H2,1-2H3,(H,25,27). The predicted octanol–water partition coefficient (Wildman–Crippen LogP) is 3.44. The number of esters is 1. The number of halogens is 1. The third-order valence-corrected chi connectivity index (χ3v) is 4.86. The highest BCUT2D eigenvalue weighted by molar-refractivity contribution is 6.31. The topological polar surface area (TPSA) is 86.1 Å². The molecule has 1 N–H and O–H groups in total. The number of carbonyl (C=O) groups is 2. The van der Waals surface area contributed by atoms with E-state index in [9.17, 15) is 9.59 Å². The van der Waals surface area contributed by atoms with Gasteiger partial charge < -0.3 is 10.1 Å². The van der Waals surface area contributed by atoms with Gasteiger partial charge in [-0.15, -0.1) is 0 Å². The first-order chi connectivity index (χ1) is 13.9. The van der Waals surface area contributed by atoms with Gasteiger partial charge in [0.1, 0.15) is 5.82 Å². The van der Waals surface area contributed by atoms with Crippen molar-refractivity contribution < 1.29 is 14.3 Å².